The Balaban J connectivity index is 4.43. The van der Waals surface area contributed by atoms with Crippen LogP contribution in [0.3, 0.4) is 0 Å². The summed E-state index contributed by atoms with van der Waals surface area (Å²) < 4.78 is 47.6. The minimum absolute atomic E-state index is 0.413. The zero-order valence-corrected chi connectivity index (χ0v) is 9.34. The summed E-state index contributed by atoms with van der Waals surface area (Å²) in [6, 6.07) is 0. The second-order valence-electron chi connectivity index (χ2n) is 4.10. The van der Waals surface area contributed by atoms with Crippen molar-refractivity contribution >= 4 is 10.8 Å². The summed E-state index contributed by atoms with van der Waals surface area (Å²) >= 11 is 0. The van der Waals surface area contributed by atoms with Gasteiger partial charge in [0.1, 0.15) is 0 Å². The average Bonchev–Trinajstić information content (AvgIpc) is 1.95. The predicted molar refractivity (Wildman–Crippen MR) is 51.4 cm³/mol. The Morgan fingerprint density at radius 1 is 1.29 bits per heavy atom. The molecule has 86 valence electrons. The monoisotopic (exact) mass is 231 g/mol. The number of alkyl halides is 3. The average molecular weight is 231 g/mol. The standard InChI is InChI=1S/C8H16F3NOS/c1-7(2,3)14(13)5-6(4-12)8(9,10)11/h6H,4-5,12H2,1-3H3. The molecule has 0 aromatic heterocycles. The summed E-state index contributed by atoms with van der Waals surface area (Å²) in [4.78, 5) is 0. The molecule has 0 aliphatic carbocycles. The van der Waals surface area contributed by atoms with E-state index in [1.54, 1.807) is 20.8 Å². The largest absolute Gasteiger partial charge is 0.393 e. The van der Waals surface area contributed by atoms with Gasteiger partial charge in [-0.15, -0.1) is 0 Å². The van der Waals surface area contributed by atoms with Crippen LogP contribution in [-0.2, 0) is 10.8 Å². The summed E-state index contributed by atoms with van der Waals surface area (Å²) in [7, 11) is -1.51. The molecule has 2 atom stereocenters. The van der Waals surface area contributed by atoms with Crippen LogP contribution in [0.2, 0.25) is 0 Å². The van der Waals surface area contributed by atoms with Gasteiger partial charge in [0.15, 0.2) is 0 Å². The predicted octanol–water partition coefficient (Wildman–Crippen LogP) is 1.67. The second kappa shape index (κ2) is 4.61. The van der Waals surface area contributed by atoms with Crippen LogP contribution < -0.4 is 5.73 Å². The van der Waals surface area contributed by atoms with Crippen LogP contribution in [0.1, 0.15) is 20.8 Å². The van der Waals surface area contributed by atoms with Crippen LogP contribution in [0.15, 0.2) is 0 Å². The molecule has 0 bridgehead atoms. The van der Waals surface area contributed by atoms with Crippen molar-refractivity contribution in [3.05, 3.63) is 0 Å². The van der Waals surface area contributed by atoms with Crippen LogP contribution in [0, 0.1) is 5.92 Å². The highest BCUT2D eigenvalue weighted by Crippen LogP contribution is 2.28. The molecule has 0 aromatic rings. The number of hydrogen-bond acceptors (Lipinski definition) is 2. The summed E-state index contributed by atoms with van der Waals surface area (Å²) in [5.41, 5.74) is 5.00. The van der Waals surface area contributed by atoms with E-state index in [-0.39, 0.29) is 0 Å². The van der Waals surface area contributed by atoms with Gasteiger partial charge < -0.3 is 5.73 Å². The third kappa shape index (κ3) is 4.41. The van der Waals surface area contributed by atoms with E-state index in [4.69, 9.17) is 5.73 Å². The van der Waals surface area contributed by atoms with Gasteiger partial charge in [-0.05, 0) is 20.8 Å². The molecule has 0 aliphatic heterocycles. The molecule has 0 amide bonds. The maximum Gasteiger partial charge on any atom is 0.393 e. The van der Waals surface area contributed by atoms with E-state index in [0.717, 1.165) is 0 Å². The van der Waals surface area contributed by atoms with E-state index >= 15 is 0 Å². The molecule has 0 radical (unpaired) electrons. The fraction of sp³-hybridized carbons (Fsp3) is 1.00. The molecule has 2 N–H and O–H groups in total. The number of rotatable bonds is 3. The highest BCUT2D eigenvalue weighted by Gasteiger charge is 2.40. The topological polar surface area (TPSA) is 43.1 Å². The summed E-state index contributed by atoms with van der Waals surface area (Å²) in [5.74, 6) is -2.08. The van der Waals surface area contributed by atoms with Crippen LogP contribution in [0.25, 0.3) is 0 Å². The first-order valence-electron chi connectivity index (χ1n) is 4.24. The molecular formula is C8H16F3NOS. The molecule has 2 nitrogen and oxygen atoms in total. The van der Waals surface area contributed by atoms with Gasteiger partial charge in [-0.3, -0.25) is 4.21 Å². The van der Waals surface area contributed by atoms with Crippen molar-refractivity contribution in [1.29, 1.82) is 0 Å². The number of halogens is 3. The maximum atomic E-state index is 12.3. The van der Waals surface area contributed by atoms with Gasteiger partial charge in [-0.25, -0.2) is 0 Å². The Bertz CT molecular complexity index is 210. The van der Waals surface area contributed by atoms with E-state index in [9.17, 15) is 17.4 Å². The molecule has 0 spiro atoms. The highest BCUT2D eigenvalue weighted by molar-refractivity contribution is 7.86. The van der Waals surface area contributed by atoms with E-state index < -0.39 is 39.9 Å². The zero-order chi connectivity index (χ0) is 11.6. The number of nitrogens with two attached hydrogens (primary N) is 1. The van der Waals surface area contributed by atoms with Crippen molar-refractivity contribution in [2.45, 2.75) is 31.7 Å². The van der Waals surface area contributed by atoms with Gasteiger partial charge >= 0.3 is 6.18 Å². The van der Waals surface area contributed by atoms with E-state index in [2.05, 4.69) is 0 Å². The minimum Gasteiger partial charge on any atom is -0.330 e. The normalized spacial score (nSPS) is 17.9. The lowest BCUT2D eigenvalue weighted by molar-refractivity contribution is -0.165. The molecule has 0 aromatic carbocycles. The molecule has 14 heavy (non-hydrogen) atoms. The third-order valence-electron chi connectivity index (χ3n) is 1.78. The number of hydrogen-bond donors (Lipinski definition) is 1. The summed E-state index contributed by atoms with van der Waals surface area (Å²) in [5, 5.41) is 0. The van der Waals surface area contributed by atoms with Gasteiger partial charge in [-0.1, -0.05) is 0 Å². The van der Waals surface area contributed by atoms with Gasteiger partial charge in [0.2, 0.25) is 0 Å². The van der Waals surface area contributed by atoms with Crippen molar-refractivity contribution in [3.8, 4) is 0 Å². The fourth-order valence-electron chi connectivity index (χ4n) is 0.729. The van der Waals surface area contributed by atoms with E-state index in [1.807, 2.05) is 0 Å². The minimum atomic E-state index is -4.35. The lowest BCUT2D eigenvalue weighted by atomic mass is 10.2. The molecule has 2 unspecified atom stereocenters. The van der Waals surface area contributed by atoms with Gasteiger partial charge in [0, 0.05) is 27.8 Å². The zero-order valence-electron chi connectivity index (χ0n) is 8.52. The van der Waals surface area contributed by atoms with Crippen molar-refractivity contribution in [2.24, 2.45) is 11.7 Å². The lowest BCUT2D eigenvalue weighted by Gasteiger charge is -2.23. The summed E-state index contributed by atoms with van der Waals surface area (Å²) in [6.45, 7) is 4.43. The molecule has 0 saturated carbocycles. The fourth-order valence-corrected chi connectivity index (χ4v) is 1.92. The van der Waals surface area contributed by atoms with Crippen LogP contribution in [-0.4, -0.2) is 27.4 Å². The smallest absolute Gasteiger partial charge is 0.330 e. The van der Waals surface area contributed by atoms with Crippen molar-refractivity contribution in [3.63, 3.8) is 0 Å². The molecule has 0 heterocycles. The van der Waals surface area contributed by atoms with Crippen LogP contribution in [0.4, 0.5) is 13.2 Å². The first-order chi connectivity index (χ1) is 6.09. The first-order valence-corrected chi connectivity index (χ1v) is 5.56. The van der Waals surface area contributed by atoms with E-state index in [1.165, 1.54) is 0 Å². The van der Waals surface area contributed by atoms with Gasteiger partial charge in [0.05, 0.1) is 5.92 Å². The van der Waals surface area contributed by atoms with Gasteiger partial charge in [0.25, 0.3) is 0 Å². The second-order valence-corrected chi connectivity index (χ2v) is 6.35. The van der Waals surface area contributed by atoms with E-state index in [0.29, 0.717) is 0 Å². The first kappa shape index (κ1) is 13.9. The molecule has 6 heteroatoms. The Kier molecular flexibility index (Phi) is 4.58. The van der Waals surface area contributed by atoms with Crippen LogP contribution in [0.5, 0.6) is 0 Å². The van der Waals surface area contributed by atoms with Crippen LogP contribution >= 0.6 is 0 Å². The maximum absolute atomic E-state index is 12.3. The molecular weight excluding hydrogens is 215 g/mol. The molecule has 0 rings (SSSR count). The molecule has 0 fully saturated rings. The third-order valence-corrected chi connectivity index (χ3v) is 3.85. The SMILES string of the molecule is CC(C)(C)S(=O)CC(CN)C(F)(F)F. The van der Waals surface area contributed by atoms with Crippen molar-refractivity contribution in [2.75, 3.05) is 12.3 Å². The molecule has 0 saturated heterocycles. The molecule has 0 aliphatic rings. The Morgan fingerprint density at radius 2 is 1.71 bits per heavy atom. The van der Waals surface area contributed by atoms with Crippen molar-refractivity contribution in [1.82, 2.24) is 0 Å². The highest BCUT2D eigenvalue weighted by atomic mass is 32.2. The Hall–Kier alpha value is -0.100. The summed E-state index contributed by atoms with van der Waals surface area (Å²) in [6.07, 6.45) is -4.35. The quantitative estimate of drug-likeness (QED) is 0.803. The lowest BCUT2D eigenvalue weighted by Crippen LogP contribution is -2.38. The Labute approximate surface area is 84.5 Å². The van der Waals surface area contributed by atoms with Gasteiger partial charge in [-0.2, -0.15) is 13.2 Å². The van der Waals surface area contributed by atoms with Crippen molar-refractivity contribution < 1.29 is 17.4 Å². The Morgan fingerprint density at radius 3 is 1.93 bits per heavy atom.